The minimum absolute atomic E-state index is 0.162. The molecular formula is C22H25FN4O5S. The van der Waals surface area contributed by atoms with Crippen molar-refractivity contribution in [3.05, 3.63) is 45.9 Å². The normalized spacial score (nSPS) is 18.5. The molecule has 3 amide bonds. The fraction of sp³-hybridized carbons (Fsp3) is 0.409. The van der Waals surface area contributed by atoms with Gasteiger partial charge in [-0.2, -0.15) is 0 Å². The number of carbonyl (C=O) groups excluding carboxylic acids is 3. The summed E-state index contributed by atoms with van der Waals surface area (Å²) in [5.41, 5.74) is 0.760. The van der Waals surface area contributed by atoms with Crippen molar-refractivity contribution < 1.29 is 28.6 Å². The van der Waals surface area contributed by atoms with Crippen LogP contribution in [0.3, 0.4) is 0 Å². The molecule has 2 aliphatic heterocycles. The van der Waals surface area contributed by atoms with Crippen LogP contribution in [0.4, 0.5) is 20.6 Å². The molecule has 0 bridgehead atoms. The number of ether oxygens (including phenoxy) is 1. The van der Waals surface area contributed by atoms with Crippen molar-refractivity contribution in [3.8, 4) is 0 Å². The summed E-state index contributed by atoms with van der Waals surface area (Å²) in [4.78, 5) is 42.5. The molecule has 0 saturated carbocycles. The van der Waals surface area contributed by atoms with Gasteiger partial charge in [-0.25, -0.2) is 9.18 Å². The van der Waals surface area contributed by atoms with E-state index in [2.05, 4.69) is 5.32 Å². The van der Waals surface area contributed by atoms with E-state index in [0.29, 0.717) is 42.4 Å². The lowest BCUT2D eigenvalue weighted by atomic mass is 10.2. The molecule has 0 radical (unpaired) electrons. The van der Waals surface area contributed by atoms with E-state index in [0.717, 1.165) is 4.88 Å². The highest BCUT2D eigenvalue weighted by atomic mass is 32.1. The number of carbonyl (C=O) groups is 3. The highest BCUT2D eigenvalue weighted by Crippen LogP contribution is 2.28. The zero-order valence-electron chi connectivity index (χ0n) is 18.1. The molecule has 2 N–H and O–H groups in total. The Morgan fingerprint density at radius 1 is 1.21 bits per heavy atom. The highest BCUT2D eigenvalue weighted by Gasteiger charge is 2.33. The van der Waals surface area contributed by atoms with E-state index in [9.17, 15) is 18.8 Å². The SMILES string of the molecule is Cc1ccc(C(=O)NC[C@H]2CN(c3ccc(N4CCN(C(=O)CO)CC4)c(F)c3)C(=O)O2)s1. The number of hydrogen-bond acceptors (Lipinski definition) is 7. The lowest BCUT2D eigenvalue weighted by Crippen LogP contribution is -2.49. The Balaban J connectivity index is 1.34. The molecule has 0 unspecified atom stereocenters. The minimum atomic E-state index is -0.593. The molecular weight excluding hydrogens is 451 g/mol. The number of aryl methyl sites for hydroxylation is 1. The van der Waals surface area contributed by atoms with Crippen LogP contribution in [0.2, 0.25) is 0 Å². The number of nitrogens with zero attached hydrogens (tertiary/aromatic N) is 3. The Kier molecular flexibility index (Phi) is 6.80. The second-order valence-electron chi connectivity index (χ2n) is 7.90. The maximum Gasteiger partial charge on any atom is 0.414 e. The van der Waals surface area contributed by atoms with Gasteiger partial charge >= 0.3 is 6.09 Å². The van der Waals surface area contributed by atoms with Gasteiger partial charge in [-0.05, 0) is 37.3 Å². The fourth-order valence-corrected chi connectivity index (χ4v) is 4.69. The van der Waals surface area contributed by atoms with E-state index in [-0.39, 0.29) is 24.9 Å². The molecule has 1 aromatic carbocycles. The molecule has 4 rings (SSSR count). The first-order chi connectivity index (χ1) is 15.9. The van der Waals surface area contributed by atoms with Gasteiger partial charge in [-0.1, -0.05) is 0 Å². The zero-order chi connectivity index (χ0) is 23.5. The summed E-state index contributed by atoms with van der Waals surface area (Å²) in [6, 6.07) is 8.16. The molecule has 0 aliphatic carbocycles. The van der Waals surface area contributed by atoms with Crippen LogP contribution in [0.15, 0.2) is 30.3 Å². The van der Waals surface area contributed by atoms with E-state index < -0.39 is 24.6 Å². The Morgan fingerprint density at radius 3 is 2.61 bits per heavy atom. The molecule has 11 heteroatoms. The van der Waals surface area contributed by atoms with Gasteiger partial charge in [0.05, 0.1) is 29.3 Å². The van der Waals surface area contributed by atoms with Crippen molar-refractivity contribution in [3.63, 3.8) is 0 Å². The summed E-state index contributed by atoms with van der Waals surface area (Å²) in [7, 11) is 0. The molecule has 9 nitrogen and oxygen atoms in total. The summed E-state index contributed by atoms with van der Waals surface area (Å²) in [5, 5.41) is 11.7. The van der Waals surface area contributed by atoms with Gasteiger partial charge in [0.2, 0.25) is 5.91 Å². The standard InChI is InChI=1S/C22H25FN4O5S/c1-14-2-5-19(33-14)21(30)24-11-16-12-27(22(31)32-16)15-3-4-18(17(23)10-15)25-6-8-26(9-7-25)20(29)13-28/h2-5,10,16,28H,6-9,11-13H2,1H3,(H,24,30)/t16-/m0/s1. The molecule has 2 saturated heterocycles. The van der Waals surface area contributed by atoms with Crippen LogP contribution >= 0.6 is 11.3 Å². The van der Waals surface area contributed by atoms with E-state index in [1.165, 1.54) is 22.3 Å². The lowest BCUT2D eigenvalue weighted by molar-refractivity contribution is -0.134. The second kappa shape index (κ2) is 9.75. The van der Waals surface area contributed by atoms with E-state index in [1.807, 2.05) is 17.9 Å². The number of halogens is 1. The molecule has 0 spiro atoms. The third kappa shape index (κ3) is 5.09. The summed E-state index contributed by atoms with van der Waals surface area (Å²) in [6.07, 6.45) is -1.13. The van der Waals surface area contributed by atoms with Gasteiger partial charge in [0, 0.05) is 31.1 Å². The Labute approximate surface area is 194 Å². The molecule has 176 valence electrons. The summed E-state index contributed by atoms with van der Waals surface area (Å²) in [5.74, 6) is -1.04. The van der Waals surface area contributed by atoms with Gasteiger partial charge in [0.15, 0.2) is 0 Å². The number of aliphatic hydroxyl groups excluding tert-OH is 1. The number of anilines is 2. The van der Waals surface area contributed by atoms with Crippen LogP contribution in [0.1, 0.15) is 14.5 Å². The third-order valence-corrected chi connectivity index (χ3v) is 6.68. The fourth-order valence-electron chi connectivity index (χ4n) is 3.91. The average molecular weight is 477 g/mol. The Hall–Kier alpha value is -3.18. The molecule has 33 heavy (non-hydrogen) atoms. The number of cyclic esters (lactones) is 1. The number of rotatable bonds is 6. The Bertz CT molecular complexity index is 1050. The minimum Gasteiger partial charge on any atom is -0.442 e. The lowest BCUT2D eigenvalue weighted by Gasteiger charge is -2.36. The molecule has 1 aromatic heterocycles. The number of hydrogen-bond donors (Lipinski definition) is 2. The molecule has 2 fully saturated rings. The smallest absolute Gasteiger partial charge is 0.414 e. The van der Waals surface area contributed by atoms with Crippen molar-refractivity contribution in [1.82, 2.24) is 10.2 Å². The number of thiophene rings is 1. The van der Waals surface area contributed by atoms with Crippen LogP contribution < -0.4 is 15.1 Å². The molecule has 3 heterocycles. The van der Waals surface area contributed by atoms with Crippen molar-refractivity contribution in [2.24, 2.45) is 0 Å². The monoisotopic (exact) mass is 476 g/mol. The van der Waals surface area contributed by atoms with Crippen LogP contribution in [0, 0.1) is 12.7 Å². The maximum absolute atomic E-state index is 14.9. The van der Waals surface area contributed by atoms with Gasteiger partial charge < -0.3 is 25.0 Å². The highest BCUT2D eigenvalue weighted by molar-refractivity contribution is 7.13. The zero-order valence-corrected chi connectivity index (χ0v) is 18.9. The largest absolute Gasteiger partial charge is 0.442 e. The van der Waals surface area contributed by atoms with Crippen LogP contribution in [-0.2, 0) is 9.53 Å². The van der Waals surface area contributed by atoms with E-state index in [1.54, 1.807) is 23.1 Å². The number of aliphatic hydroxyl groups is 1. The summed E-state index contributed by atoms with van der Waals surface area (Å²) in [6.45, 7) is 3.43. The van der Waals surface area contributed by atoms with E-state index in [4.69, 9.17) is 9.84 Å². The predicted molar refractivity (Wildman–Crippen MR) is 121 cm³/mol. The second-order valence-corrected chi connectivity index (χ2v) is 9.19. The Morgan fingerprint density at radius 2 is 1.97 bits per heavy atom. The van der Waals surface area contributed by atoms with Gasteiger partial charge in [0.1, 0.15) is 18.5 Å². The number of benzene rings is 1. The molecule has 2 aromatic rings. The first-order valence-electron chi connectivity index (χ1n) is 10.6. The van der Waals surface area contributed by atoms with Gasteiger partial charge in [-0.15, -0.1) is 11.3 Å². The van der Waals surface area contributed by atoms with Crippen molar-refractivity contribution in [1.29, 1.82) is 0 Å². The van der Waals surface area contributed by atoms with Crippen LogP contribution in [0.25, 0.3) is 0 Å². The topological polar surface area (TPSA) is 102 Å². The third-order valence-electron chi connectivity index (χ3n) is 5.68. The average Bonchev–Trinajstić information content (AvgIpc) is 3.42. The number of nitrogens with one attached hydrogen (secondary N) is 1. The van der Waals surface area contributed by atoms with Crippen molar-refractivity contribution >= 4 is 40.6 Å². The summed E-state index contributed by atoms with van der Waals surface area (Å²) < 4.78 is 20.2. The molecule has 2 aliphatic rings. The first-order valence-corrected chi connectivity index (χ1v) is 11.4. The van der Waals surface area contributed by atoms with E-state index >= 15 is 0 Å². The summed E-state index contributed by atoms with van der Waals surface area (Å²) >= 11 is 1.39. The van der Waals surface area contributed by atoms with Crippen molar-refractivity contribution in [2.75, 3.05) is 55.7 Å². The predicted octanol–water partition coefficient (Wildman–Crippen LogP) is 1.59. The van der Waals surface area contributed by atoms with Crippen LogP contribution in [0.5, 0.6) is 0 Å². The molecule has 1 atom stereocenters. The first kappa shape index (κ1) is 23.0. The van der Waals surface area contributed by atoms with Gasteiger partial charge in [0.25, 0.3) is 5.91 Å². The van der Waals surface area contributed by atoms with Crippen LogP contribution in [-0.4, -0.2) is 79.9 Å². The maximum atomic E-state index is 14.9. The quantitative estimate of drug-likeness (QED) is 0.657. The number of amides is 3. The van der Waals surface area contributed by atoms with Crippen molar-refractivity contribution in [2.45, 2.75) is 13.0 Å². The van der Waals surface area contributed by atoms with Gasteiger partial charge in [-0.3, -0.25) is 14.5 Å². The number of piperazine rings is 1.